The van der Waals surface area contributed by atoms with Crippen LogP contribution in [0.25, 0.3) is 0 Å². The first kappa shape index (κ1) is 31.9. The number of sulfonamides is 1. The summed E-state index contributed by atoms with van der Waals surface area (Å²) in [4.78, 5) is 29.1. The second-order valence-corrected chi connectivity index (χ2v) is 12.5. The van der Waals surface area contributed by atoms with E-state index in [-0.39, 0.29) is 17.3 Å². The van der Waals surface area contributed by atoms with Crippen LogP contribution in [-0.2, 0) is 26.2 Å². The van der Waals surface area contributed by atoms with Crippen LogP contribution in [0.5, 0.6) is 0 Å². The summed E-state index contributed by atoms with van der Waals surface area (Å²) >= 11 is 0. The molecule has 8 heteroatoms. The van der Waals surface area contributed by atoms with E-state index in [0.29, 0.717) is 18.7 Å². The van der Waals surface area contributed by atoms with Gasteiger partial charge in [0.25, 0.3) is 10.0 Å². The van der Waals surface area contributed by atoms with Gasteiger partial charge in [0.15, 0.2) is 0 Å². The second kappa shape index (κ2) is 14.3. The number of carbonyl (C=O) groups is 2. The van der Waals surface area contributed by atoms with E-state index in [1.807, 2.05) is 71.9 Å². The van der Waals surface area contributed by atoms with Crippen LogP contribution in [0.15, 0.2) is 71.6 Å². The topological polar surface area (TPSA) is 86.8 Å². The minimum Gasteiger partial charge on any atom is -0.354 e. The average Bonchev–Trinajstić information content (AvgIpc) is 2.94. The lowest BCUT2D eigenvalue weighted by Gasteiger charge is -2.33. The molecule has 0 heterocycles. The molecule has 2 amide bonds. The molecule has 0 saturated carbocycles. The maximum absolute atomic E-state index is 14.2. The quantitative estimate of drug-likeness (QED) is 0.259. The lowest BCUT2D eigenvalue weighted by atomic mass is 10.1. The van der Waals surface area contributed by atoms with Crippen molar-refractivity contribution in [3.63, 3.8) is 0 Å². The van der Waals surface area contributed by atoms with Crippen molar-refractivity contribution in [1.82, 2.24) is 10.2 Å². The summed E-state index contributed by atoms with van der Waals surface area (Å²) in [6.45, 7) is 11.9. The summed E-state index contributed by atoms with van der Waals surface area (Å²) < 4.78 is 29.2. The highest BCUT2D eigenvalue weighted by atomic mass is 32.2. The van der Waals surface area contributed by atoms with E-state index in [9.17, 15) is 18.0 Å². The number of hydrogen-bond donors (Lipinski definition) is 1. The minimum absolute atomic E-state index is 0.101. The normalized spacial score (nSPS) is 12.0. The number of anilines is 1. The summed E-state index contributed by atoms with van der Waals surface area (Å²) in [7, 11) is -4.09. The summed E-state index contributed by atoms with van der Waals surface area (Å²) in [6.07, 6.45) is 2.16. The van der Waals surface area contributed by atoms with Crippen LogP contribution >= 0.6 is 0 Å². The molecule has 220 valence electrons. The van der Waals surface area contributed by atoms with Crippen molar-refractivity contribution in [3.05, 3.63) is 94.5 Å². The molecule has 0 aliphatic heterocycles. The van der Waals surface area contributed by atoms with Gasteiger partial charge in [0, 0.05) is 13.1 Å². The Labute approximate surface area is 245 Å². The standard InChI is InChI=1S/C33H43N3O4S/c1-7-9-20-34-33(38)31(8-2)35(22-28-15-10-24(3)11-16-28)32(37)23-36(29-17-14-26(5)27(6)21-29)41(39,40)30-18-12-25(4)13-19-30/h10-19,21,31H,7-9,20,22-23H2,1-6H3,(H,34,38). The molecular weight excluding hydrogens is 534 g/mol. The van der Waals surface area contributed by atoms with Crippen LogP contribution in [0.3, 0.4) is 0 Å². The van der Waals surface area contributed by atoms with Gasteiger partial charge in [-0.1, -0.05) is 73.9 Å². The molecule has 0 aromatic heterocycles. The minimum atomic E-state index is -4.09. The smallest absolute Gasteiger partial charge is 0.264 e. The van der Waals surface area contributed by atoms with Gasteiger partial charge in [0.1, 0.15) is 12.6 Å². The van der Waals surface area contributed by atoms with Gasteiger partial charge in [-0.3, -0.25) is 13.9 Å². The molecule has 0 bridgehead atoms. The van der Waals surface area contributed by atoms with Crippen molar-refractivity contribution >= 4 is 27.5 Å². The van der Waals surface area contributed by atoms with Gasteiger partial charge >= 0.3 is 0 Å². The molecule has 0 fully saturated rings. The third-order valence-electron chi connectivity index (χ3n) is 7.36. The first-order valence-electron chi connectivity index (χ1n) is 14.3. The summed E-state index contributed by atoms with van der Waals surface area (Å²) in [5.74, 6) is -0.683. The van der Waals surface area contributed by atoms with Crippen molar-refractivity contribution in [1.29, 1.82) is 0 Å². The predicted molar refractivity (Wildman–Crippen MR) is 165 cm³/mol. The van der Waals surface area contributed by atoms with E-state index in [2.05, 4.69) is 5.32 Å². The second-order valence-electron chi connectivity index (χ2n) is 10.7. The number of hydrogen-bond acceptors (Lipinski definition) is 4. The van der Waals surface area contributed by atoms with Gasteiger partial charge in [0.05, 0.1) is 10.6 Å². The molecule has 3 rings (SSSR count). The van der Waals surface area contributed by atoms with E-state index in [1.165, 1.54) is 4.90 Å². The van der Waals surface area contributed by atoms with Gasteiger partial charge in [-0.2, -0.15) is 0 Å². The van der Waals surface area contributed by atoms with Crippen molar-refractivity contribution < 1.29 is 18.0 Å². The Bertz CT molecular complexity index is 1430. The molecule has 0 radical (unpaired) electrons. The van der Waals surface area contributed by atoms with Crippen LogP contribution in [0.2, 0.25) is 0 Å². The number of nitrogens with zero attached hydrogens (tertiary/aromatic N) is 2. The SMILES string of the molecule is CCCCNC(=O)C(CC)N(Cc1ccc(C)cc1)C(=O)CN(c1ccc(C)c(C)c1)S(=O)(=O)c1ccc(C)cc1. The molecule has 1 unspecified atom stereocenters. The fourth-order valence-corrected chi connectivity index (χ4v) is 5.97. The molecule has 7 nitrogen and oxygen atoms in total. The van der Waals surface area contributed by atoms with E-state index in [0.717, 1.165) is 45.0 Å². The molecule has 3 aromatic carbocycles. The zero-order valence-corrected chi connectivity index (χ0v) is 25.9. The molecule has 0 aliphatic carbocycles. The van der Waals surface area contributed by atoms with Gasteiger partial charge in [-0.15, -0.1) is 0 Å². The molecule has 1 atom stereocenters. The highest BCUT2D eigenvalue weighted by molar-refractivity contribution is 7.92. The van der Waals surface area contributed by atoms with Crippen molar-refractivity contribution in [2.45, 2.75) is 78.3 Å². The van der Waals surface area contributed by atoms with Crippen molar-refractivity contribution in [2.24, 2.45) is 0 Å². The fourth-order valence-electron chi connectivity index (χ4n) is 4.56. The number of unbranched alkanes of at least 4 members (excludes halogenated alkanes) is 1. The number of benzene rings is 3. The highest BCUT2D eigenvalue weighted by Crippen LogP contribution is 2.27. The highest BCUT2D eigenvalue weighted by Gasteiger charge is 2.33. The Hall–Kier alpha value is -3.65. The number of rotatable bonds is 13. The van der Waals surface area contributed by atoms with E-state index in [1.54, 1.807) is 36.4 Å². The molecular formula is C33H43N3O4S. The maximum Gasteiger partial charge on any atom is 0.264 e. The van der Waals surface area contributed by atoms with Crippen LogP contribution in [0, 0.1) is 27.7 Å². The summed E-state index contributed by atoms with van der Waals surface area (Å²) in [5, 5.41) is 2.96. The number of nitrogens with one attached hydrogen (secondary N) is 1. The Morgan fingerprint density at radius 1 is 0.829 bits per heavy atom. The zero-order valence-electron chi connectivity index (χ0n) is 25.1. The fraction of sp³-hybridized carbons (Fsp3) is 0.394. The van der Waals surface area contributed by atoms with Gasteiger partial charge < -0.3 is 10.2 Å². The molecule has 0 saturated heterocycles. The Kier molecular flexibility index (Phi) is 11.1. The molecule has 0 spiro atoms. The average molecular weight is 578 g/mol. The van der Waals surface area contributed by atoms with Crippen LogP contribution in [-0.4, -0.2) is 44.3 Å². The first-order valence-corrected chi connectivity index (χ1v) is 15.7. The predicted octanol–water partition coefficient (Wildman–Crippen LogP) is 5.84. The monoisotopic (exact) mass is 577 g/mol. The van der Waals surface area contributed by atoms with E-state index in [4.69, 9.17) is 0 Å². The van der Waals surface area contributed by atoms with E-state index >= 15 is 0 Å². The van der Waals surface area contributed by atoms with Gasteiger partial charge in [-0.05, 0) is 81.5 Å². The summed E-state index contributed by atoms with van der Waals surface area (Å²) in [5.41, 5.74) is 5.21. The number of amides is 2. The summed E-state index contributed by atoms with van der Waals surface area (Å²) in [6, 6.07) is 19.0. The molecule has 3 aromatic rings. The molecule has 1 N–H and O–H groups in total. The van der Waals surface area contributed by atoms with Crippen LogP contribution in [0.4, 0.5) is 5.69 Å². The first-order chi connectivity index (χ1) is 19.5. The van der Waals surface area contributed by atoms with Crippen molar-refractivity contribution in [3.8, 4) is 0 Å². The van der Waals surface area contributed by atoms with Crippen LogP contribution in [0.1, 0.15) is 60.9 Å². The van der Waals surface area contributed by atoms with Gasteiger partial charge in [0.2, 0.25) is 11.8 Å². The third-order valence-corrected chi connectivity index (χ3v) is 9.14. The lowest BCUT2D eigenvalue weighted by Crippen LogP contribution is -2.52. The lowest BCUT2D eigenvalue weighted by molar-refractivity contribution is -0.140. The zero-order chi connectivity index (χ0) is 30.2. The Morgan fingerprint density at radius 2 is 1.44 bits per heavy atom. The van der Waals surface area contributed by atoms with E-state index < -0.39 is 28.5 Å². The molecule has 41 heavy (non-hydrogen) atoms. The Balaban J connectivity index is 2.05. The molecule has 0 aliphatic rings. The number of aryl methyl sites for hydroxylation is 4. The van der Waals surface area contributed by atoms with Gasteiger partial charge in [-0.25, -0.2) is 8.42 Å². The Morgan fingerprint density at radius 3 is 2.00 bits per heavy atom. The maximum atomic E-state index is 14.2. The number of carbonyl (C=O) groups excluding carboxylic acids is 2. The third kappa shape index (κ3) is 8.19. The largest absolute Gasteiger partial charge is 0.354 e. The van der Waals surface area contributed by atoms with Crippen LogP contribution < -0.4 is 9.62 Å². The van der Waals surface area contributed by atoms with Crippen molar-refractivity contribution in [2.75, 3.05) is 17.4 Å².